The van der Waals surface area contributed by atoms with Gasteiger partial charge in [0, 0.05) is 24.5 Å². The van der Waals surface area contributed by atoms with Gasteiger partial charge >= 0.3 is 0 Å². The summed E-state index contributed by atoms with van der Waals surface area (Å²) in [6, 6.07) is 9.20. The van der Waals surface area contributed by atoms with Crippen LogP contribution in [0.2, 0.25) is 0 Å². The Hall–Kier alpha value is -2.63. The van der Waals surface area contributed by atoms with Crippen LogP contribution in [0.25, 0.3) is 23.0 Å². The highest BCUT2D eigenvalue weighted by Crippen LogP contribution is 2.24. The van der Waals surface area contributed by atoms with Crippen molar-refractivity contribution in [2.45, 2.75) is 0 Å². The van der Waals surface area contributed by atoms with E-state index in [9.17, 15) is 0 Å². The summed E-state index contributed by atoms with van der Waals surface area (Å²) in [6.07, 6.45) is 1.82. The van der Waals surface area contributed by atoms with Gasteiger partial charge in [0.2, 0.25) is 5.82 Å². The van der Waals surface area contributed by atoms with E-state index < -0.39 is 0 Å². The summed E-state index contributed by atoms with van der Waals surface area (Å²) in [4.78, 5) is 4.29. The number of hydrogen-bond acceptors (Lipinski definition) is 5. The van der Waals surface area contributed by atoms with Gasteiger partial charge in [0.25, 0.3) is 5.89 Å². The Labute approximate surface area is 103 Å². The van der Waals surface area contributed by atoms with Crippen LogP contribution in [0.4, 0.5) is 5.69 Å². The highest BCUT2D eigenvalue weighted by Gasteiger charge is 2.13. The fourth-order valence-corrected chi connectivity index (χ4v) is 1.67. The van der Waals surface area contributed by atoms with Crippen molar-refractivity contribution in [3.63, 3.8) is 0 Å². The van der Waals surface area contributed by atoms with Crippen molar-refractivity contribution in [2.75, 3.05) is 5.73 Å². The van der Waals surface area contributed by atoms with E-state index in [1.807, 2.05) is 37.5 Å². The second-order valence-corrected chi connectivity index (χ2v) is 3.89. The van der Waals surface area contributed by atoms with Crippen molar-refractivity contribution in [1.29, 1.82) is 0 Å². The molecule has 2 heterocycles. The molecule has 0 radical (unpaired) electrons. The van der Waals surface area contributed by atoms with Gasteiger partial charge in [-0.3, -0.25) is 4.68 Å². The van der Waals surface area contributed by atoms with Crippen LogP contribution in [0.15, 0.2) is 41.1 Å². The minimum absolute atomic E-state index is 0.383. The topological polar surface area (TPSA) is 82.8 Å². The van der Waals surface area contributed by atoms with E-state index in [-0.39, 0.29) is 0 Å². The molecule has 6 nitrogen and oxygen atoms in total. The molecule has 0 fully saturated rings. The second kappa shape index (κ2) is 3.99. The van der Waals surface area contributed by atoms with E-state index in [1.54, 1.807) is 10.7 Å². The molecule has 0 amide bonds. The van der Waals surface area contributed by atoms with Crippen molar-refractivity contribution in [3.05, 3.63) is 36.5 Å². The number of nitrogens with two attached hydrogens (primary N) is 1. The molecular weight excluding hydrogens is 230 g/mol. The summed E-state index contributed by atoms with van der Waals surface area (Å²) < 4.78 is 6.86. The average molecular weight is 241 g/mol. The number of nitrogens with zero attached hydrogens (tertiary/aromatic N) is 4. The first-order valence-electron chi connectivity index (χ1n) is 5.42. The Kier molecular flexibility index (Phi) is 2.33. The number of hydrogen-bond donors (Lipinski definition) is 1. The lowest BCUT2D eigenvalue weighted by atomic mass is 10.2. The minimum Gasteiger partial charge on any atom is -0.398 e. The number of benzene rings is 1. The van der Waals surface area contributed by atoms with Crippen LogP contribution >= 0.6 is 0 Å². The van der Waals surface area contributed by atoms with Gasteiger partial charge in [0.15, 0.2) is 5.69 Å². The van der Waals surface area contributed by atoms with Crippen molar-refractivity contribution in [1.82, 2.24) is 19.9 Å². The normalized spacial score (nSPS) is 10.7. The summed E-state index contributed by atoms with van der Waals surface area (Å²) in [6.45, 7) is 0. The highest BCUT2D eigenvalue weighted by atomic mass is 16.5. The molecule has 6 heteroatoms. The van der Waals surface area contributed by atoms with Crippen LogP contribution in [0.3, 0.4) is 0 Å². The summed E-state index contributed by atoms with van der Waals surface area (Å²) >= 11 is 0. The van der Waals surface area contributed by atoms with Gasteiger partial charge < -0.3 is 10.3 Å². The van der Waals surface area contributed by atoms with E-state index in [4.69, 9.17) is 10.3 Å². The lowest BCUT2D eigenvalue weighted by Crippen LogP contribution is -1.90. The minimum atomic E-state index is 0.383. The lowest BCUT2D eigenvalue weighted by molar-refractivity contribution is 0.430. The van der Waals surface area contributed by atoms with Gasteiger partial charge in [-0.25, -0.2) is 0 Å². The molecule has 2 aromatic heterocycles. The van der Waals surface area contributed by atoms with Gasteiger partial charge in [-0.2, -0.15) is 10.1 Å². The van der Waals surface area contributed by atoms with Crippen LogP contribution in [-0.4, -0.2) is 19.9 Å². The first kappa shape index (κ1) is 10.5. The Balaban J connectivity index is 2.02. The Morgan fingerprint density at radius 3 is 2.78 bits per heavy atom. The molecule has 0 aliphatic carbocycles. The fraction of sp³-hybridized carbons (Fsp3) is 0.0833. The van der Waals surface area contributed by atoms with Crippen LogP contribution in [0.1, 0.15) is 0 Å². The second-order valence-electron chi connectivity index (χ2n) is 3.89. The van der Waals surface area contributed by atoms with Crippen LogP contribution in [-0.2, 0) is 7.05 Å². The molecule has 0 spiro atoms. The number of aromatic nitrogens is 4. The number of para-hydroxylation sites is 1. The molecule has 0 saturated heterocycles. The zero-order valence-corrected chi connectivity index (χ0v) is 9.74. The predicted molar refractivity (Wildman–Crippen MR) is 66.3 cm³/mol. The summed E-state index contributed by atoms with van der Waals surface area (Å²) in [5.74, 6) is 0.850. The maximum atomic E-state index is 5.86. The van der Waals surface area contributed by atoms with Gasteiger partial charge in [0.1, 0.15) is 0 Å². The maximum absolute atomic E-state index is 5.86. The molecule has 0 atom stereocenters. The molecule has 3 aromatic rings. The van der Waals surface area contributed by atoms with Gasteiger partial charge in [-0.15, -0.1) is 0 Å². The number of rotatable bonds is 2. The highest BCUT2D eigenvalue weighted by molar-refractivity contribution is 5.71. The number of anilines is 1. The molecule has 0 aliphatic rings. The lowest BCUT2D eigenvalue weighted by Gasteiger charge is -1.97. The predicted octanol–water partition coefficient (Wildman–Crippen LogP) is 1.72. The van der Waals surface area contributed by atoms with Crippen molar-refractivity contribution >= 4 is 5.69 Å². The third-order valence-corrected chi connectivity index (χ3v) is 2.56. The maximum Gasteiger partial charge on any atom is 0.278 e. The zero-order valence-electron chi connectivity index (χ0n) is 9.74. The van der Waals surface area contributed by atoms with Crippen LogP contribution in [0.5, 0.6) is 0 Å². The molecule has 0 saturated carbocycles. The zero-order chi connectivity index (χ0) is 12.5. The Bertz CT molecular complexity index is 685. The smallest absolute Gasteiger partial charge is 0.278 e. The molecular formula is C12H11N5O. The SMILES string of the molecule is Cn1ccc(-c2nc(-c3ccccc3N)no2)n1. The third-order valence-electron chi connectivity index (χ3n) is 2.56. The monoisotopic (exact) mass is 241 g/mol. The van der Waals surface area contributed by atoms with Crippen molar-refractivity contribution in [3.8, 4) is 23.0 Å². The molecule has 3 rings (SSSR count). The Morgan fingerprint density at radius 2 is 2.06 bits per heavy atom. The van der Waals surface area contributed by atoms with E-state index in [0.717, 1.165) is 5.56 Å². The third kappa shape index (κ3) is 1.73. The number of aryl methyl sites for hydroxylation is 1. The summed E-state index contributed by atoms with van der Waals surface area (Å²) in [7, 11) is 1.83. The quantitative estimate of drug-likeness (QED) is 0.691. The van der Waals surface area contributed by atoms with Crippen LogP contribution < -0.4 is 5.73 Å². The van der Waals surface area contributed by atoms with Gasteiger partial charge in [-0.1, -0.05) is 17.3 Å². The first-order valence-corrected chi connectivity index (χ1v) is 5.42. The van der Waals surface area contributed by atoms with E-state index in [1.165, 1.54) is 0 Å². The fourth-order valence-electron chi connectivity index (χ4n) is 1.67. The van der Waals surface area contributed by atoms with Gasteiger partial charge in [-0.05, 0) is 18.2 Å². The van der Waals surface area contributed by atoms with Gasteiger partial charge in [0.05, 0.1) is 0 Å². The molecule has 0 bridgehead atoms. The number of nitrogen functional groups attached to an aromatic ring is 1. The Morgan fingerprint density at radius 1 is 1.22 bits per heavy atom. The van der Waals surface area contributed by atoms with E-state index >= 15 is 0 Å². The van der Waals surface area contributed by atoms with Crippen molar-refractivity contribution < 1.29 is 4.52 Å². The molecule has 2 N–H and O–H groups in total. The van der Waals surface area contributed by atoms with Crippen molar-refractivity contribution in [2.24, 2.45) is 7.05 Å². The molecule has 1 aromatic carbocycles. The summed E-state index contributed by atoms with van der Waals surface area (Å²) in [5.41, 5.74) is 7.88. The molecule has 90 valence electrons. The largest absolute Gasteiger partial charge is 0.398 e. The van der Waals surface area contributed by atoms with E-state index in [0.29, 0.717) is 23.1 Å². The van der Waals surface area contributed by atoms with Crippen LogP contribution in [0, 0.1) is 0 Å². The molecule has 0 aliphatic heterocycles. The average Bonchev–Trinajstić information content (AvgIpc) is 2.98. The standard InChI is InChI=1S/C12H11N5O/c1-17-7-6-10(15-17)12-14-11(16-18-12)8-4-2-3-5-9(8)13/h2-7H,13H2,1H3. The van der Waals surface area contributed by atoms with E-state index in [2.05, 4.69) is 15.2 Å². The molecule has 0 unspecified atom stereocenters. The summed E-state index contributed by atoms with van der Waals surface area (Å²) in [5, 5.41) is 8.12. The molecule has 18 heavy (non-hydrogen) atoms. The first-order chi connectivity index (χ1) is 8.74.